The zero-order chi connectivity index (χ0) is 24.1. The van der Waals surface area contributed by atoms with Gasteiger partial charge in [0.25, 0.3) is 11.6 Å². The highest BCUT2D eigenvalue weighted by molar-refractivity contribution is 6.30. The van der Waals surface area contributed by atoms with Crippen molar-refractivity contribution in [2.75, 3.05) is 6.61 Å². The van der Waals surface area contributed by atoms with Crippen LogP contribution in [0.15, 0.2) is 47.0 Å². The molecule has 1 aliphatic carbocycles. The zero-order valence-electron chi connectivity index (χ0n) is 18.8. The highest BCUT2D eigenvalue weighted by Crippen LogP contribution is 2.26. The van der Waals surface area contributed by atoms with Gasteiger partial charge in [0, 0.05) is 28.3 Å². The summed E-state index contributed by atoms with van der Waals surface area (Å²) in [4.78, 5) is 30.0. The summed E-state index contributed by atoms with van der Waals surface area (Å²) in [6, 6.07) is 11.6. The van der Waals surface area contributed by atoms with Crippen LogP contribution in [-0.4, -0.2) is 38.5 Å². The molecule has 178 valence electrons. The van der Waals surface area contributed by atoms with Crippen molar-refractivity contribution in [2.24, 2.45) is 0 Å². The molecule has 0 bridgehead atoms. The smallest absolute Gasteiger partial charge is 0.272 e. The van der Waals surface area contributed by atoms with Crippen molar-refractivity contribution in [2.45, 2.75) is 51.6 Å². The predicted octanol–water partition coefficient (Wildman–Crippen LogP) is 5.35. The molecular weight excluding hydrogens is 460 g/mol. The van der Waals surface area contributed by atoms with Crippen molar-refractivity contribution in [1.82, 2.24) is 15.0 Å². The lowest BCUT2D eigenvalue weighted by atomic mass is 9.94. The molecule has 0 N–H and O–H groups in total. The molecule has 4 rings (SSSR count). The molecule has 1 heterocycles. The van der Waals surface area contributed by atoms with E-state index in [1.807, 2.05) is 0 Å². The van der Waals surface area contributed by atoms with Crippen molar-refractivity contribution in [1.29, 1.82) is 0 Å². The van der Waals surface area contributed by atoms with E-state index in [1.54, 1.807) is 42.2 Å². The van der Waals surface area contributed by atoms with Gasteiger partial charge in [0.2, 0.25) is 11.7 Å². The Balaban J connectivity index is 1.46. The summed E-state index contributed by atoms with van der Waals surface area (Å²) in [6.07, 6.45) is 5.06. The Morgan fingerprint density at radius 1 is 1.21 bits per heavy atom. The van der Waals surface area contributed by atoms with Crippen LogP contribution in [0.3, 0.4) is 0 Å². The number of nitrogens with zero attached hydrogens (tertiary/aromatic N) is 4. The summed E-state index contributed by atoms with van der Waals surface area (Å²) in [7, 11) is 0. The van der Waals surface area contributed by atoms with E-state index < -0.39 is 4.92 Å². The number of rotatable bonds is 8. The first kappa shape index (κ1) is 23.7. The molecule has 1 saturated carbocycles. The van der Waals surface area contributed by atoms with E-state index >= 15 is 0 Å². The molecule has 10 heteroatoms. The van der Waals surface area contributed by atoms with Crippen LogP contribution in [0.4, 0.5) is 5.69 Å². The summed E-state index contributed by atoms with van der Waals surface area (Å²) < 4.78 is 11.1. The van der Waals surface area contributed by atoms with Gasteiger partial charge in [0.1, 0.15) is 12.3 Å². The first-order valence-electron chi connectivity index (χ1n) is 11.2. The Kier molecular flexibility index (Phi) is 7.42. The molecule has 0 aliphatic heterocycles. The van der Waals surface area contributed by atoms with E-state index in [-0.39, 0.29) is 30.8 Å². The summed E-state index contributed by atoms with van der Waals surface area (Å²) in [6.45, 7) is 1.63. The molecule has 3 aromatic rings. The summed E-state index contributed by atoms with van der Waals surface area (Å²) >= 11 is 5.95. The fourth-order valence-corrected chi connectivity index (χ4v) is 4.27. The number of nitro benzene ring substituents is 1. The highest BCUT2D eigenvalue weighted by Gasteiger charge is 2.28. The third kappa shape index (κ3) is 5.72. The fourth-order valence-electron chi connectivity index (χ4n) is 4.15. The lowest BCUT2D eigenvalue weighted by Crippen LogP contribution is -2.43. The van der Waals surface area contributed by atoms with Gasteiger partial charge in [0.05, 0.1) is 4.92 Å². The van der Waals surface area contributed by atoms with Crippen LogP contribution in [0.25, 0.3) is 11.4 Å². The number of benzene rings is 2. The molecule has 1 fully saturated rings. The number of hydrogen-bond acceptors (Lipinski definition) is 7. The van der Waals surface area contributed by atoms with Crippen LogP contribution in [0.1, 0.15) is 43.6 Å². The lowest BCUT2D eigenvalue weighted by molar-refractivity contribution is -0.385. The average Bonchev–Trinajstić information content (AvgIpc) is 3.30. The number of amides is 1. The number of nitro groups is 1. The number of aryl methyl sites for hydroxylation is 1. The first-order valence-corrected chi connectivity index (χ1v) is 11.5. The van der Waals surface area contributed by atoms with E-state index in [0.717, 1.165) is 37.7 Å². The van der Waals surface area contributed by atoms with Gasteiger partial charge in [-0.05, 0) is 56.2 Å². The molecule has 0 unspecified atom stereocenters. The molecule has 1 amide bonds. The molecule has 0 radical (unpaired) electrons. The third-order valence-corrected chi connectivity index (χ3v) is 6.19. The summed E-state index contributed by atoms with van der Waals surface area (Å²) in [5.41, 5.74) is 1.25. The van der Waals surface area contributed by atoms with Crippen molar-refractivity contribution < 1.29 is 19.0 Å². The predicted molar refractivity (Wildman–Crippen MR) is 125 cm³/mol. The third-order valence-electron chi connectivity index (χ3n) is 5.94. The van der Waals surface area contributed by atoms with Crippen LogP contribution >= 0.6 is 11.6 Å². The molecular formula is C24H25ClN4O5. The fraction of sp³-hybridized carbons (Fsp3) is 0.375. The van der Waals surface area contributed by atoms with Crippen molar-refractivity contribution in [3.8, 4) is 17.1 Å². The number of carbonyl (C=O) groups excluding carboxylic acids is 1. The molecule has 34 heavy (non-hydrogen) atoms. The molecule has 2 aromatic carbocycles. The quantitative estimate of drug-likeness (QED) is 0.313. The van der Waals surface area contributed by atoms with Crippen LogP contribution in [0, 0.1) is 17.0 Å². The second-order valence-corrected chi connectivity index (χ2v) is 8.76. The number of halogens is 1. The van der Waals surface area contributed by atoms with Crippen LogP contribution < -0.4 is 4.74 Å². The van der Waals surface area contributed by atoms with Crippen LogP contribution in [-0.2, 0) is 11.3 Å². The van der Waals surface area contributed by atoms with Crippen LogP contribution in [0.5, 0.6) is 5.75 Å². The van der Waals surface area contributed by atoms with Gasteiger partial charge < -0.3 is 14.2 Å². The van der Waals surface area contributed by atoms with E-state index in [0.29, 0.717) is 28.1 Å². The standard InChI is InChI=1S/C24H25ClN4O5/c1-16-13-20(11-12-21(16)29(31)32)33-15-23(30)28(19-5-3-2-4-6-19)14-22-26-24(27-34-22)17-7-9-18(25)10-8-17/h7-13,19H,2-6,14-15H2,1H3. The summed E-state index contributed by atoms with van der Waals surface area (Å²) in [5.74, 6) is 0.979. The molecule has 1 aliphatic rings. The Morgan fingerprint density at radius 3 is 2.62 bits per heavy atom. The molecule has 1 aromatic heterocycles. The van der Waals surface area contributed by atoms with Gasteiger partial charge in [-0.3, -0.25) is 14.9 Å². The van der Waals surface area contributed by atoms with Gasteiger partial charge in [-0.2, -0.15) is 4.98 Å². The second-order valence-electron chi connectivity index (χ2n) is 8.33. The highest BCUT2D eigenvalue weighted by atomic mass is 35.5. The second kappa shape index (κ2) is 10.6. The van der Waals surface area contributed by atoms with Crippen molar-refractivity contribution >= 4 is 23.2 Å². The summed E-state index contributed by atoms with van der Waals surface area (Å²) in [5, 5.41) is 15.7. The monoisotopic (exact) mass is 484 g/mol. The number of hydrogen-bond donors (Lipinski definition) is 0. The van der Waals surface area contributed by atoms with E-state index in [1.165, 1.54) is 12.1 Å². The van der Waals surface area contributed by atoms with Crippen LogP contribution in [0.2, 0.25) is 5.02 Å². The Hall–Kier alpha value is -3.46. The van der Waals surface area contributed by atoms with Crippen molar-refractivity contribution in [3.05, 3.63) is 69.1 Å². The largest absolute Gasteiger partial charge is 0.484 e. The van der Waals surface area contributed by atoms with Gasteiger partial charge in [0.15, 0.2) is 6.61 Å². The normalized spacial score (nSPS) is 14.1. The number of aromatic nitrogens is 2. The first-order chi connectivity index (χ1) is 16.4. The number of carbonyl (C=O) groups is 1. The molecule has 9 nitrogen and oxygen atoms in total. The molecule has 0 saturated heterocycles. The minimum absolute atomic E-state index is 0.00962. The Labute approximate surface area is 201 Å². The Morgan fingerprint density at radius 2 is 1.94 bits per heavy atom. The molecule has 0 atom stereocenters. The van der Waals surface area contributed by atoms with E-state index in [9.17, 15) is 14.9 Å². The van der Waals surface area contributed by atoms with E-state index in [2.05, 4.69) is 10.1 Å². The van der Waals surface area contributed by atoms with Crippen molar-refractivity contribution in [3.63, 3.8) is 0 Å². The Bertz CT molecular complexity index is 1160. The minimum atomic E-state index is -0.447. The van der Waals surface area contributed by atoms with E-state index in [4.69, 9.17) is 20.9 Å². The van der Waals surface area contributed by atoms with Gasteiger partial charge in [-0.1, -0.05) is 36.0 Å². The minimum Gasteiger partial charge on any atom is -0.484 e. The SMILES string of the molecule is Cc1cc(OCC(=O)N(Cc2nc(-c3ccc(Cl)cc3)no2)C2CCCCC2)ccc1[N+](=O)[O-]. The maximum absolute atomic E-state index is 13.2. The zero-order valence-corrected chi connectivity index (χ0v) is 19.5. The molecule has 0 spiro atoms. The lowest BCUT2D eigenvalue weighted by Gasteiger charge is -2.33. The topological polar surface area (TPSA) is 112 Å². The maximum Gasteiger partial charge on any atom is 0.272 e. The van der Waals surface area contributed by atoms with Gasteiger partial charge >= 0.3 is 0 Å². The maximum atomic E-state index is 13.2. The van der Waals surface area contributed by atoms with Gasteiger partial charge in [-0.25, -0.2) is 0 Å². The van der Waals surface area contributed by atoms with Gasteiger partial charge in [-0.15, -0.1) is 0 Å². The average molecular weight is 485 g/mol. The number of ether oxygens (including phenoxy) is 1.